The molecular weight excluding hydrogens is 352 g/mol. The second-order valence-corrected chi connectivity index (χ2v) is 8.96. The van der Waals surface area contributed by atoms with Crippen LogP contribution in [0.25, 0.3) is 0 Å². The molecule has 1 aromatic carbocycles. The highest BCUT2D eigenvalue weighted by molar-refractivity contribution is 7.09. The Kier molecular flexibility index (Phi) is 5.15. The Hall–Kier alpha value is -1.98. The van der Waals surface area contributed by atoms with E-state index in [-0.39, 0.29) is 5.41 Å². The highest BCUT2D eigenvalue weighted by atomic mass is 32.1. The molecule has 142 valence electrons. The fraction of sp³-hybridized carbons (Fsp3) is 0.455. The molecule has 4 nitrogen and oxygen atoms in total. The molecular formula is C22H28N4S. The molecule has 27 heavy (non-hydrogen) atoms. The Morgan fingerprint density at radius 2 is 1.89 bits per heavy atom. The van der Waals surface area contributed by atoms with Crippen LogP contribution >= 0.6 is 11.3 Å². The number of nitrogens with zero attached hydrogens (tertiary/aromatic N) is 4. The maximum Gasteiger partial charge on any atom is 0.0897 e. The van der Waals surface area contributed by atoms with Crippen LogP contribution in [-0.4, -0.2) is 32.8 Å². The molecule has 3 aromatic rings. The van der Waals surface area contributed by atoms with Gasteiger partial charge in [-0.05, 0) is 52.3 Å². The number of benzene rings is 1. The predicted octanol–water partition coefficient (Wildman–Crippen LogP) is 4.81. The highest BCUT2D eigenvalue weighted by Gasteiger charge is 2.39. The molecule has 1 fully saturated rings. The summed E-state index contributed by atoms with van der Waals surface area (Å²) in [6, 6.07) is 11.4. The minimum absolute atomic E-state index is 0.0463. The van der Waals surface area contributed by atoms with Crippen molar-refractivity contribution in [3.05, 3.63) is 69.9 Å². The number of aryl methyl sites for hydroxylation is 1. The minimum atomic E-state index is 0.0463. The Bertz CT molecular complexity index is 873. The number of aromatic nitrogens is 3. The van der Waals surface area contributed by atoms with Crippen molar-refractivity contribution in [2.75, 3.05) is 13.1 Å². The number of piperidine rings is 1. The average Bonchev–Trinajstić information content (AvgIpc) is 3.33. The van der Waals surface area contributed by atoms with E-state index in [1.807, 2.05) is 10.9 Å². The second kappa shape index (κ2) is 7.56. The van der Waals surface area contributed by atoms with Gasteiger partial charge in [-0.3, -0.25) is 9.58 Å². The Morgan fingerprint density at radius 1 is 1.15 bits per heavy atom. The van der Waals surface area contributed by atoms with Gasteiger partial charge in [0.05, 0.1) is 16.9 Å². The summed E-state index contributed by atoms with van der Waals surface area (Å²) < 4.78 is 2.05. The zero-order valence-corrected chi connectivity index (χ0v) is 17.2. The molecule has 0 unspecified atom stereocenters. The largest absolute Gasteiger partial charge is 0.299 e. The van der Waals surface area contributed by atoms with Gasteiger partial charge in [0.25, 0.3) is 0 Å². The summed E-state index contributed by atoms with van der Waals surface area (Å²) in [6.07, 6.45) is 6.42. The Morgan fingerprint density at radius 3 is 2.48 bits per heavy atom. The predicted molar refractivity (Wildman–Crippen MR) is 111 cm³/mol. The van der Waals surface area contributed by atoms with E-state index in [1.165, 1.54) is 16.8 Å². The normalized spacial score (nSPS) is 17.5. The van der Waals surface area contributed by atoms with Gasteiger partial charge in [-0.15, -0.1) is 11.3 Å². The summed E-state index contributed by atoms with van der Waals surface area (Å²) in [5.74, 6) is 0. The van der Waals surface area contributed by atoms with Crippen LogP contribution in [-0.2, 0) is 12.0 Å². The van der Waals surface area contributed by atoms with Crippen molar-refractivity contribution in [3.63, 3.8) is 0 Å². The van der Waals surface area contributed by atoms with Gasteiger partial charge in [-0.25, -0.2) is 4.98 Å². The Balaban J connectivity index is 1.53. The van der Waals surface area contributed by atoms with E-state index in [1.54, 1.807) is 11.3 Å². The zero-order chi connectivity index (χ0) is 18.9. The molecule has 1 saturated heterocycles. The standard InChI is InChI=1S/C22H28N4S/c1-17(2)26-15-19(13-23-26)14-25-11-9-22(10-12-25,20-7-5-4-6-8-20)21-16-27-18(3)24-21/h4-8,13,15-17H,9-12,14H2,1-3H3. The fourth-order valence-electron chi connectivity index (χ4n) is 4.13. The van der Waals surface area contributed by atoms with Crippen molar-refractivity contribution in [2.45, 2.75) is 51.6 Å². The SMILES string of the molecule is Cc1nc(C2(c3ccccc3)CCN(Cc3cnn(C(C)C)c3)CC2)cs1. The first-order valence-corrected chi connectivity index (χ1v) is 10.7. The van der Waals surface area contributed by atoms with Crippen LogP contribution in [0.1, 0.15) is 54.6 Å². The molecule has 3 heterocycles. The lowest BCUT2D eigenvalue weighted by Crippen LogP contribution is -2.43. The first-order chi connectivity index (χ1) is 13.1. The third kappa shape index (κ3) is 3.71. The number of thiazole rings is 1. The van der Waals surface area contributed by atoms with Gasteiger partial charge in [0.2, 0.25) is 0 Å². The van der Waals surface area contributed by atoms with Crippen molar-refractivity contribution >= 4 is 11.3 Å². The van der Waals surface area contributed by atoms with E-state index >= 15 is 0 Å². The van der Waals surface area contributed by atoms with Gasteiger partial charge in [-0.2, -0.15) is 5.10 Å². The molecule has 0 bridgehead atoms. The molecule has 1 aliphatic rings. The Labute approximate surface area is 165 Å². The van der Waals surface area contributed by atoms with Gasteiger partial charge in [0.1, 0.15) is 0 Å². The van der Waals surface area contributed by atoms with E-state index in [0.29, 0.717) is 6.04 Å². The van der Waals surface area contributed by atoms with Crippen LogP contribution in [0.2, 0.25) is 0 Å². The third-order valence-corrected chi connectivity index (χ3v) is 6.51. The van der Waals surface area contributed by atoms with E-state index in [0.717, 1.165) is 37.5 Å². The summed E-state index contributed by atoms with van der Waals surface area (Å²) in [7, 11) is 0. The first kappa shape index (κ1) is 18.4. The van der Waals surface area contributed by atoms with E-state index in [4.69, 9.17) is 4.98 Å². The fourth-order valence-corrected chi connectivity index (χ4v) is 4.84. The van der Waals surface area contributed by atoms with Crippen LogP contribution in [0.4, 0.5) is 0 Å². The first-order valence-electron chi connectivity index (χ1n) is 9.80. The molecule has 0 amide bonds. The van der Waals surface area contributed by atoms with Crippen molar-refractivity contribution < 1.29 is 0 Å². The van der Waals surface area contributed by atoms with Crippen LogP contribution in [0.15, 0.2) is 48.1 Å². The summed E-state index contributed by atoms with van der Waals surface area (Å²) >= 11 is 1.76. The smallest absolute Gasteiger partial charge is 0.0897 e. The molecule has 0 saturated carbocycles. The average molecular weight is 381 g/mol. The molecule has 0 N–H and O–H groups in total. The second-order valence-electron chi connectivity index (χ2n) is 7.90. The monoisotopic (exact) mass is 380 g/mol. The lowest BCUT2D eigenvalue weighted by molar-refractivity contribution is 0.170. The van der Waals surface area contributed by atoms with E-state index < -0.39 is 0 Å². The van der Waals surface area contributed by atoms with Crippen molar-refractivity contribution in [2.24, 2.45) is 0 Å². The maximum atomic E-state index is 4.90. The maximum absolute atomic E-state index is 4.90. The van der Waals surface area contributed by atoms with Crippen molar-refractivity contribution in [1.82, 2.24) is 19.7 Å². The lowest BCUT2D eigenvalue weighted by atomic mass is 9.70. The molecule has 5 heteroatoms. The minimum Gasteiger partial charge on any atom is -0.299 e. The number of rotatable bonds is 5. The van der Waals surface area contributed by atoms with Gasteiger partial charge in [0, 0.05) is 35.1 Å². The zero-order valence-electron chi connectivity index (χ0n) is 16.4. The topological polar surface area (TPSA) is 34.0 Å². The van der Waals surface area contributed by atoms with Gasteiger partial charge < -0.3 is 0 Å². The number of hydrogen-bond donors (Lipinski definition) is 0. The van der Waals surface area contributed by atoms with Gasteiger partial charge >= 0.3 is 0 Å². The molecule has 0 spiro atoms. The summed E-state index contributed by atoms with van der Waals surface area (Å²) in [5, 5.41) is 7.91. The molecule has 2 aromatic heterocycles. The van der Waals surface area contributed by atoms with E-state index in [9.17, 15) is 0 Å². The van der Waals surface area contributed by atoms with Crippen LogP contribution < -0.4 is 0 Å². The van der Waals surface area contributed by atoms with Crippen LogP contribution in [0, 0.1) is 6.92 Å². The lowest BCUT2D eigenvalue weighted by Gasteiger charge is -2.41. The van der Waals surface area contributed by atoms with Gasteiger partial charge in [0.15, 0.2) is 0 Å². The number of likely N-dealkylation sites (tertiary alicyclic amines) is 1. The number of hydrogen-bond acceptors (Lipinski definition) is 4. The quantitative estimate of drug-likeness (QED) is 0.637. The molecule has 1 aliphatic heterocycles. The van der Waals surface area contributed by atoms with E-state index in [2.05, 4.69) is 72.7 Å². The van der Waals surface area contributed by atoms with Gasteiger partial charge in [-0.1, -0.05) is 30.3 Å². The molecule has 0 aliphatic carbocycles. The molecule has 0 radical (unpaired) electrons. The van der Waals surface area contributed by atoms with Crippen molar-refractivity contribution in [1.29, 1.82) is 0 Å². The van der Waals surface area contributed by atoms with Crippen molar-refractivity contribution in [3.8, 4) is 0 Å². The molecule has 4 rings (SSSR count). The summed E-state index contributed by atoms with van der Waals surface area (Å²) in [5.41, 5.74) is 4.01. The highest BCUT2D eigenvalue weighted by Crippen LogP contribution is 2.42. The van der Waals surface area contributed by atoms with Crippen LogP contribution in [0.3, 0.4) is 0 Å². The summed E-state index contributed by atoms with van der Waals surface area (Å²) in [4.78, 5) is 7.46. The third-order valence-electron chi connectivity index (χ3n) is 5.74. The van der Waals surface area contributed by atoms with Crippen LogP contribution in [0.5, 0.6) is 0 Å². The summed E-state index contributed by atoms with van der Waals surface area (Å²) in [6.45, 7) is 9.59. The molecule has 0 atom stereocenters.